The monoisotopic (exact) mass is 251 g/mol. The van der Waals surface area contributed by atoms with Crippen LogP contribution in [0, 0.1) is 17.8 Å². The van der Waals surface area contributed by atoms with E-state index in [0.717, 1.165) is 11.8 Å². The number of imide groups is 1. The Hall–Kier alpha value is -1.16. The molecule has 4 nitrogen and oxygen atoms in total. The number of ether oxygens (including phenoxy) is 1. The summed E-state index contributed by atoms with van der Waals surface area (Å²) in [5.74, 6) is 1.46. The zero-order chi connectivity index (χ0) is 13.1. The topological polar surface area (TPSA) is 55.4 Å². The number of carbonyl (C=O) groups excluding carboxylic acids is 2. The normalized spacial score (nSPS) is 32.3. The molecular weight excluding hydrogens is 230 g/mol. The molecule has 4 heteroatoms. The molecule has 0 radical (unpaired) electrons. The Morgan fingerprint density at radius 1 is 1.22 bits per heavy atom. The van der Waals surface area contributed by atoms with E-state index < -0.39 is 0 Å². The standard InChI is InChI=1S/C14H21NO3/c1-9-3-10(2)5-11(4-9)7-18-8-12-6-13(16)15-14(12)17/h6,9-11H,3-5,7-8H2,1-2H3,(H,15,16,17)/t9-,10-/m0/s1. The summed E-state index contributed by atoms with van der Waals surface area (Å²) in [6.07, 6.45) is 5.04. The molecule has 2 aliphatic rings. The molecule has 2 rings (SSSR count). The van der Waals surface area contributed by atoms with E-state index in [1.54, 1.807) is 0 Å². The molecule has 0 unspecified atom stereocenters. The first-order valence-corrected chi connectivity index (χ1v) is 6.68. The predicted octanol–water partition coefficient (Wildman–Crippen LogP) is 1.66. The van der Waals surface area contributed by atoms with Gasteiger partial charge < -0.3 is 4.74 Å². The first kappa shape index (κ1) is 13.3. The number of carbonyl (C=O) groups is 2. The van der Waals surface area contributed by atoms with Crippen LogP contribution in [0.2, 0.25) is 0 Å². The number of rotatable bonds is 4. The average molecular weight is 251 g/mol. The molecule has 1 saturated carbocycles. The summed E-state index contributed by atoms with van der Waals surface area (Å²) < 4.78 is 5.59. The Balaban J connectivity index is 1.74. The predicted molar refractivity (Wildman–Crippen MR) is 67.7 cm³/mol. The minimum absolute atomic E-state index is 0.247. The maximum Gasteiger partial charge on any atom is 0.256 e. The number of hydrogen-bond acceptors (Lipinski definition) is 3. The van der Waals surface area contributed by atoms with E-state index in [9.17, 15) is 9.59 Å². The maximum atomic E-state index is 11.3. The number of nitrogens with one attached hydrogen (secondary N) is 1. The van der Waals surface area contributed by atoms with E-state index in [-0.39, 0.29) is 18.4 Å². The van der Waals surface area contributed by atoms with Crippen LogP contribution in [0.3, 0.4) is 0 Å². The Morgan fingerprint density at radius 2 is 1.89 bits per heavy atom. The molecule has 0 spiro atoms. The van der Waals surface area contributed by atoms with Crippen LogP contribution in [0.1, 0.15) is 33.1 Å². The summed E-state index contributed by atoms with van der Waals surface area (Å²) in [6.45, 7) is 5.51. The number of hydrogen-bond donors (Lipinski definition) is 1. The van der Waals surface area contributed by atoms with Gasteiger partial charge in [0.25, 0.3) is 11.8 Å². The van der Waals surface area contributed by atoms with E-state index in [1.807, 2.05) is 0 Å². The van der Waals surface area contributed by atoms with Crippen LogP contribution in [0.5, 0.6) is 0 Å². The molecular formula is C14H21NO3. The molecule has 0 aromatic carbocycles. The fourth-order valence-electron chi connectivity index (χ4n) is 3.14. The average Bonchev–Trinajstić information content (AvgIpc) is 2.56. The van der Waals surface area contributed by atoms with Crippen LogP contribution in [-0.4, -0.2) is 25.0 Å². The molecule has 1 fully saturated rings. The summed E-state index contributed by atoms with van der Waals surface area (Å²) in [4.78, 5) is 22.2. The minimum atomic E-state index is -0.335. The first-order chi connectivity index (χ1) is 8.54. The van der Waals surface area contributed by atoms with Crippen LogP contribution in [0.4, 0.5) is 0 Å². The fourth-order valence-corrected chi connectivity index (χ4v) is 3.14. The van der Waals surface area contributed by atoms with Gasteiger partial charge in [0.2, 0.25) is 0 Å². The van der Waals surface area contributed by atoms with E-state index in [4.69, 9.17) is 4.74 Å². The zero-order valence-electron chi connectivity index (χ0n) is 11.1. The maximum absolute atomic E-state index is 11.3. The Bertz CT molecular complexity index is 365. The fraction of sp³-hybridized carbons (Fsp3) is 0.714. The van der Waals surface area contributed by atoms with Crippen molar-refractivity contribution in [2.45, 2.75) is 33.1 Å². The quantitative estimate of drug-likeness (QED) is 0.773. The molecule has 1 aliphatic heterocycles. The molecule has 18 heavy (non-hydrogen) atoms. The largest absolute Gasteiger partial charge is 0.376 e. The third-order valence-corrected chi connectivity index (χ3v) is 3.72. The lowest BCUT2D eigenvalue weighted by atomic mass is 9.77. The molecule has 0 aromatic rings. The second-order valence-electron chi connectivity index (χ2n) is 5.79. The molecule has 1 N–H and O–H groups in total. The Labute approximate surface area is 108 Å². The van der Waals surface area contributed by atoms with Gasteiger partial charge in [-0.25, -0.2) is 0 Å². The van der Waals surface area contributed by atoms with E-state index in [2.05, 4.69) is 19.2 Å². The highest BCUT2D eigenvalue weighted by Crippen LogP contribution is 2.32. The first-order valence-electron chi connectivity index (χ1n) is 6.68. The molecule has 0 aromatic heterocycles. The van der Waals surface area contributed by atoms with Crippen molar-refractivity contribution in [3.8, 4) is 0 Å². The SMILES string of the molecule is C[C@@H]1CC(COCC2=CC(=O)NC2=O)C[C@@H](C)C1. The number of amides is 2. The summed E-state index contributed by atoms with van der Waals surface area (Å²) >= 11 is 0. The lowest BCUT2D eigenvalue weighted by molar-refractivity contribution is -0.124. The lowest BCUT2D eigenvalue weighted by Gasteiger charge is -2.31. The van der Waals surface area contributed by atoms with E-state index in [1.165, 1.54) is 25.3 Å². The molecule has 0 bridgehead atoms. The Kier molecular flexibility index (Phi) is 4.17. The van der Waals surface area contributed by atoms with Crippen LogP contribution < -0.4 is 5.32 Å². The van der Waals surface area contributed by atoms with Crippen LogP contribution in [0.25, 0.3) is 0 Å². The van der Waals surface area contributed by atoms with Crippen LogP contribution >= 0.6 is 0 Å². The third-order valence-electron chi connectivity index (χ3n) is 3.72. The molecule has 2 atom stereocenters. The summed E-state index contributed by atoms with van der Waals surface area (Å²) in [7, 11) is 0. The second-order valence-corrected chi connectivity index (χ2v) is 5.79. The summed E-state index contributed by atoms with van der Waals surface area (Å²) in [5, 5.41) is 2.22. The summed E-state index contributed by atoms with van der Waals surface area (Å²) in [6, 6.07) is 0. The Morgan fingerprint density at radius 3 is 2.44 bits per heavy atom. The van der Waals surface area contributed by atoms with Gasteiger partial charge in [-0.1, -0.05) is 13.8 Å². The van der Waals surface area contributed by atoms with Crippen molar-refractivity contribution in [1.29, 1.82) is 0 Å². The van der Waals surface area contributed by atoms with Gasteiger partial charge in [0, 0.05) is 18.3 Å². The highest BCUT2D eigenvalue weighted by molar-refractivity contribution is 6.16. The highest BCUT2D eigenvalue weighted by Gasteiger charge is 2.25. The van der Waals surface area contributed by atoms with Crippen molar-refractivity contribution in [3.63, 3.8) is 0 Å². The molecule has 100 valence electrons. The van der Waals surface area contributed by atoms with E-state index >= 15 is 0 Å². The van der Waals surface area contributed by atoms with Gasteiger partial charge >= 0.3 is 0 Å². The van der Waals surface area contributed by atoms with Crippen molar-refractivity contribution in [2.24, 2.45) is 17.8 Å². The third kappa shape index (κ3) is 3.42. The van der Waals surface area contributed by atoms with Gasteiger partial charge in [-0.05, 0) is 37.0 Å². The van der Waals surface area contributed by atoms with Gasteiger partial charge in [0.15, 0.2) is 0 Å². The lowest BCUT2D eigenvalue weighted by Crippen LogP contribution is -2.25. The van der Waals surface area contributed by atoms with Gasteiger partial charge in [-0.3, -0.25) is 14.9 Å². The summed E-state index contributed by atoms with van der Waals surface area (Å²) in [5.41, 5.74) is 0.442. The van der Waals surface area contributed by atoms with Crippen molar-refractivity contribution in [3.05, 3.63) is 11.6 Å². The van der Waals surface area contributed by atoms with Gasteiger partial charge in [-0.2, -0.15) is 0 Å². The zero-order valence-corrected chi connectivity index (χ0v) is 11.1. The van der Waals surface area contributed by atoms with Gasteiger partial charge in [0.1, 0.15) is 0 Å². The molecule has 0 saturated heterocycles. The molecule has 1 heterocycles. The van der Waals surface area contributed by atoms with Gasteiger partial charge in [-0.15, -0.1) is 0 Å². The smallest absolute Gasteiger partial charge is 0.256 e. The van der Waals surface area contributed by atoms with E-state index in [0.29, 0.717) is 18.1 Å². The van der Waals surface area contributed by atoms with Crippen molar-refractivity contribution in [2.75, 3.05) is 13.2 Å². The van der Waals surface area contributed by atoms with Crippen molar-refractivity contribution in [1.82, 2.24) is 5.32 Å². The second kappa shape index (κ2) is 5.65. The van der Waals surface area contributed by atoms with Gasteiger partial charge in [0.05, 0.1) is 6.61 Å². The van der Waals surface area contributed by atoms with Crippen molar-refractivity contribution >= 4 is 11.8 Å². The van der Waals surface area contributed by atoms with Crippen LogP contribution in [-0.2, 0) is 14.3 Å². The molecule has 2 amide bonds. The minimum Gasteiger partial charge on any atom is -0.376 e. The molecule has 1 aliphatic carbocycles. The highest BCUT2D eigenvalue weighted by atomic mass is 16.5. The van der Waals surface area contributed by atoms with Crippen LogP contribution in [0.15, 0.2) is 11.6 Å². The van der Waals surface area contributed by atoms with Crippen molar-refractivity contribution < 1.29 is 14.3 Å².